The summed E-state index contributed by atoms with van der Waals surface area (Å²) in [5, 5.41) is 6.25. The third kappa shape index (κ3) is 2.43. The Morgan fingerprint density at radius 3 is 2.94 bits per heavy atom. The first-order valence-electron chi connectivity index (χ1n) is 5.81. The maximum atomic E-state index is 12.3. The number of hydrogen-bond donors (Lipinski definition) is 2. The number of aromatic nitrogens is 2. The first-order chi connectivity index (χ1) is 8.59. The van der Waals surface area contributed by atoms with Crippen LogP contribution in [0, 0.1) is 0 Å². The molecule has 1 saturated heterocycles. The molecule has 7 heteroatoms. The van der Waals surface area contributed by atoms with Crippen LogP contribution in [0.15, 0.2) is 6.33 Å². The number of nitrogens with zero attached hydrogens (tertiary/aromatic N) is 2. The van der Waals surface area contributed by atoms with Crippen LogP contribution in [-0.4, -0.2) is 28.0 Å². The molecule has 0 aliphatic carbocycles. The van der Waals surface area contributed by atoms with Gasteiger partial charge in [0.15, 0.2) is 11.0 Å². The van der Waals surface area contributed by atoms with E-state index in [1.54, 1.807) is 0 Å². The van der Waals surface area contributed by atoms with Crippen LogP contribution in [-0.2, 0) is 4.79 Å². The van der Waals surface area contributed by atoms with E-state index in [0.717, 1.165) is 25.8 Å². The number of rotatable bonds is 3. The van der Waals surface area contributed by atoms with Gasteiger partial charge in [0, 0.05) is 0 Å². The highest BCUT2D eigenvalue weighted by Crippen LogP contribution is 2.28. The summed E-state index contributed by atoms with van der Waals surface area (Å²) in [5.41, 5.74) is -0.527. The molecule has 2 rings (SSSR count). The van der Waals surface area contributed by atoms with Crippen molar-refractivity contribution in [2.45, 2.75) is 31.7 Å². The van der Waals surface area contributed by atoms with Gasteiger partial charge in [0.05, 0.1) is 5.54 Å². The molecule has 1 atom stereocenters. The molecule has 1 amide bonds. The van der Waals surface area contributed by atoms with Crippen molar-refractivity contribution in [3.05, 3.63) is 16.5 Å². The molecule has 1 aromatic heterocycles. The highest BCUT2D eigenvalue weighted by atomic mass is 35.5. The Morgan fingerprint density at radius 1 is 1.56 bits per heavy atom. The fourth-order valence-electron chi connectivity index (χ4n) is 2.13. The normalized spacial score (nSPS) is 23.1. The minimum absolute atomic E-state index is 0.126. The van der Waals surface area contributed by atoms with E-state index in [1.165, 1.54) is 6.33 Å². The van der Waals surface area contributed by atoms with Crippen molar-refractivity contribution in [2.24, 2.45) is 0 Å². The van der Waals surface area contributed by atoms with Crippen molar-refractivity contribution in [3.8, 4) is 0 Å². The van der Waals surface area contributed by atoms with Crippen LogP contribution in [0.1, 0.15) is 26.2 Å². The molecule has 18 heavy (non-hydrogen) atoms. The Labute approximate surface area is 115 Å². The van der Waals surface area contributed by atoms with Gasteiger partial charge < -0.3 is 10.6 Å². The zero-order valence-corrected chi connectivity index (χ0v) is 11.5. The second-order valence-corrected chi connectivity index (χ2v) is 4.98. The molecule has 1 aromatic rings. The number of amides is 1. The van der Waals surface area contributed by atoms with Crippen molar-refractivity contribution in [1.82, 2.24) is 15.3 Å². The van der Waals surface area contributed by atoms with Crippen molar-refractivity contribution in [3.63, 3.8) is 0 Å². The summed E-state index contributed by atoms with van der Waals surface area (Å²) in [4.78, 5) is 20.0. The first kappa shape index (κ1) is 13.5. The molecule has 1 aliphatic heterocycles. The summed E-state index contributed by atoms with van der Waals surface area (Å²) in [6.45, 7) is 2.83. The van der Waals surface area contributed by atoms with Gasteiger partial charge in [-0.2, -0.15) is 0 Å². The number of carbonyl (C=O) groups excluding carboxylic acids is 1. The second kappa shape index (κ2) is 5.38. The molecule has 1 unspecified atom stereocenters. The lowest BCUT2D eigenvalue weighted by molar-refractivity contribution is -0.122. The minimum Gasteiger partial charge on any atom is -0.308 e. The van der Waals surface area contributed by atoms with Crippen LogP contribution < -0.4 is 10.6 Å². The van der Waals surface area contributed by atoms with Gasteiger partial charge in [-0.15, -0.1) is 0 Å². The quantitative estimate of drug-likeness (QED) is 0.838. The zero-order valence-electron chi connectivity index (χ0n) is 9.96. The standard InChI is InChI=1S/C11H14Cl2N4O/c1-2-11(4-3-5-16-11)10(18)17-9-7(12)8(13)14-6-15-9/h6,16H,2-5H2,1H3,(H,14,15,17,18). The Morgan fingerprint density at radius 2 is 2.33 bits per heavy atom. The van der Waals surface area contributed by atoms with Gasteiger partial charge >= 0.3 is 0 Å². The molecule has 0 spiro atoms. The maximum absolute atomic E-state index is 12.3. The number of carbonyl (C=O) groups is 1. The van der Waals surface area contributed by atoms with Gasteiger partial charge in [-0.05, 0) is 25.8 Å². The molecule has 1 fully saturated rings. The average molecular weight is 289 g/mol. The first-order valence-corrected chi connectivity index (χ1v) is 6.57. The molecule has 0 aromatic carbocycles. The molecule has 5 nitrogen and oxygen atoms in total. The lowest BCUT2D eigenvalue weighted by atomic mass is 9.93. The summed E-state index contributed by atoms with van der Waals surface area (Å²) >= 11 is 11.7. The number of hydrogen-bond acceptors (Lipinski definition) is 4. The van der Waals surface area contributed by atoms with Crippen molar-refractivity contribution >= 4 is 34.9 Å². The highest BCUT2D eigenvalue weighted by molar-refractivity contribution is 6.43. The fraction of sp³-hybridized carbons (Fsp3) is 0.545. The van der Waals surface area contributed by atoms with Gasteiger partial charge in [0.2, 0.25) is 5.91 Å². The summed E-state index contributed by atoms with van der Waals surface area (Å²) in [6, 6.07) is 0. The zero-order chi connectivity index (χ0) is 13.2. The van der Waals surface area contributed by atoms with E-state index >= 15 is 0 Å². The summed E-state index contributed by atoms with van der Waals surface area (Å²) in [6.07, 6.45) is 3.78. The Kier molecular flexibility index (Phi) is 4.04. The van der Waals surface area contributed by atoms with Gasteiger partial charge in [0.1, 0.15) is 11.3 Å². The van der Waals surface area contributed by atoms with E-state index in [4.69, 9.17) is 23.2 Å². The molecule has 98 valence electrons. The Balaban J connectivity index is 2.18. The molecule has 0 saturated carbocycles. The average Bonchev–Trinajstić information content (AvgIpc) is 2.85. The number of nitrogens with one attached hydrogen (secondary N) is 2. The fourth-order valence-corrected chi connectivity index (χ4v) is 2.40. The summed E-state index contributed by atoms with van der Waals surface area (Å²) < 4.78 is 0. The van der Waals surface area contributed by atoms with Crippen LogP contribution in [0.2, 0.25) is 10.2 Å². The van der Waals surface area contributed by atoms with Gasteiger partial charge in [-0.25, -0.2) is 9.97 Å². The van der Waals surface area contributed by atoms with E-state index in [0.29, 0.717) is 0 Å². The lowest BCUT2D eigenvalue weighted by Gasteiger charge is -2.26. The topological polar surface area (TPSA) is 66.9 Å². The van der Waals surface area contributed by atoms with Crippen molar-refractivity contribution in [2.75, 3.05) is 11.9 Å². The van der Waals surface area contributed by atoms with E-state index in [-0.39, 0.29) is 21.9 Å². The molecule has 0 bridgehead atoms. The van der Waals surface area contributed by atoms with E-state index < -0.39 is 5.54 Å². The number of halogens is 2. The lowest BCUT2D eigenvalue weighted by Crippen LogP contribution is -2.50. The summed E-state index contributed by atoms with van der Waals surface area (Å²) in [5.74, 6) is 0.127. The van der Waals surface area contributed by atoms with Gasteiger partial charge in [0.25, 0.3) is 0 Å². The third-order valence-corrected chi connectivity index (χ3v) is 4.00. The van der Waals surface area contributed by atoms with Gasteiger partial charge in [-0.3, -0.25) is 4.79 Å². The van der Waals surface area contributed by atoms with Crippen LogP contribution >= 0.6 is 23.2 Å². The molecular formula is C11H14Cl2N4O. The van der Waals surface area contributed by atoms with Crippen molar-refractivity contribution < 1.29 is 4.79 Å². The smallest absolute Gasteiger partial charge is 0.245 e. The molecular weight excluding hydrogens is 275 g/mol. The van der Waals surface area contributed by atoms with Gasteiger partial charge in [-0.1, -0.05) is 30.1 Å². The summed E-state index contributed by atoms with van der Waals surface area (Å²) in [7, 11) is 0. The molecule has 2 N–H and O–H groups in total. The van der Waals surface area contributed by atoms with E-state index in [1.807, 2.05) is 6.92 Å². The molecule has 1 aliphatic rings. The maximum Gasteiger partial charge on any atom is 0.245 e. The Hall–Kier alpha value is -0.910. The minimum atomic E-state index is -0.527. The third-order valence-electron chi connectivity index (χ3n) is 3.26. The largest absolute Gasteiger partial charge is 0.308 e. The predicted molar refractivity (Wildman–Crippen MR) is 70.9 cm³/mol. The van der Waals surface area contributed by atoms with Crippen LogP contribution in [0.3, 0.4) is 0 Å². The van der Waals surface area contributed by atoms with Crippen molar-refractivity contribution in [1.29, 1.82) is 0 Å². The van der Waals surface area contributed by atoms with Crippen LogP contribution in [0.25, 0.3) is 0 Å². The van der Waals surface area contributed by atoms with E-state index in [9.17, 15) is 4.79 Å². The number of anilines is 1. The van der Waals surface area contributed by atoms with E-state index in [2.05, 4.69) is 20.6 Å². The molecule has 0 radical (unpaired) electrons. The predicted octanol–water partition coefficient (Wildman–Crippen LogP) is 2.25. The highest BCUT2D eigenvalue weighted by Gasteiger charge is 2.39. The van der Waals surface area contributed by atoms with Crippen LogP contribution in [0.4, 0.5) is 5.82 Å². The SMILES string of the molecule is CCC1(C(=O)Nc2ncnc(Cl)c2Cl)CCCN1. The van der Waals surface area contributed by atoms with Crippen LogP contribution in [0.5, 0.6) is 0 Å². The monoisotopic (exact) mass is 288 g/mol. The second-order valence-electron chi connectivity index (χ2n) is 4.25. The molecule has 2 heterocycles. The Bertz CT molecular complexity index is 460.